The lowest BCUT2D eigenvalue weighted by Gasteiger charge is -2.09. The van der Waals surface area contributed by atoms with E-state index in [1.54, 1.807) is 24.3 Å². The van der Waals surface area contributed by atoms with E-state index in [2.05, 4.69) is 20.2 Å². The molecule has 29 heavy (non-hydrogen) atoms. The van der Waals surface area contributed by atoms with E-state index in [1.807, 2.05) is 0 Å². The fourth-order valence-corrected chi connectivity index (χ4v) is 2.81. The van der Waals surface area contributed by atoms with Crippen LogP contribution in [0.4, 0.5) is 26.3 Å². The average molecular weight is 408 g/mol. The maximum absolute atomic E-state index is 12.9. The molecule has 0 radical (unpaired) electrons. The summed E-state index contributed by atoms with van der Waals surface area (Å²) in [6.45, 7) is 0. The van der Waals surface area contributed by atoms with Crippen molar-refractivity contribution in [3.8, 4) is 22.8 Å². The molecule has 0 bridgehead atoms. The van der Waals surface area contributed by atoms with Gasteiger partial charge >= 0.3 is 12.4 Å². The lowest BCUT2D eigenvalue weighted by atomic mass is 10.1. The highest BCUT2D eigenvalue weighted by Gasteiger charge is 2.34. The van der Waals surface area contributed by atoms with Gasteiger partial charge in [0.25, 0.3) is 0 Å². The lowest BCUT2D eigenvalue weighted by molar-refractivity contribution is -0.141. The molecule has 1 N–H and O–H groups in total. The first-order valence-electron chi connectivity index (χ1n) is 8.20. The minimum absolute atomic E-state index is 0.0177. The van der Waals surface area contributed by atoms with Crippen molar-refractivity contribution in [3.05, 3.63) is 65.9 Å². The Labute approximate surface area is 159 Å². The number of H-pyrrole nitrogens is 1. The summed E-state index contributed by atoms with van der Waals surface area (Å²) in [5.41, 5.74) is -1.04. The first-order chi connectivity index (χ1) is 13.6. The summed E-state index contributed by atoms with van der Waals surface area (Å²) in [6, 6.07) is 11.7. The minimum Gasteiger partial charge on any atom is -0.276 e. The van der Waals surface area contributed by atoms with Crippen molar-refractivity contribution in [2.45, 2.75) is 12.4 Å². The Morgan fingerprint density at radius 1 is 0.759 bits per heavy atom. The van der Waals surface area contributed by atoms with Gasteiger partial charge in [-0.25, -0.2) is 9.97 Å². The number of alkyl halides is 6. The molecule has 0 aliphatic rings. The van der Waals surface area contributed by atoms with Gasteiger partial charge in [-0.2, -0.15) is 31.4 Å². The second-order valence-electron chi connectivity index (χ2n) is 6.15. The first-order valence-corrected chi connectivity index (χ1v) is 8.20. The Hall–Kier alpha value is -3.43. The Balaban J connectivity index is 1.86. The summed E-state index contributed by atoms with van der Waals surface area (Å²) >= 11 is 0. The molecule has 0 aliphatic carbocycles. The van der Waals surface area contributed by atoms with Crippen LogP contribution in [0.1, 0.15) is 11.3 Å². The van der Waals surface area contributed by atoms with Gasteiger partial charge < -0.3 is 0 Å². The predicted octanol–water partition coefficient (Wildman–Crippen LogP) is 5.72. The number of hydrogen-bond donors (Lipinski definition) is 1. The second-order valence-corrected chi connectivity index (χ2v) is 6.15. The third-order valence-corrected chi connectivity index (χ3v) is 4.20. The highest BCUT2D eigenvalue weighted by molar-refractivity contribution is 5.92. The van der Waals surface area contributed by atoms with Gasteiger partial charge in [0.05, 0.1) is 22.5 Å². The zero-order valence-electron chi connectivity index (χ0n) is 14.3. The molecule has 0 fully saturated rings. The molecule has 10 heteroatoms. The Bertz CT molecular complexity index is 1180. The second kappa shape index (κ2) is 6.57. The number of benzene rings is 2. The third-order valence-electron chi connectivity index (χ3n) is 4.20. The maximum atomic E-state index is 12.9. The highest BCUT2D eigenvalue weighted by atomic mass is 19.4. The number of nitrogens with one attached hydrogen (secondary N) is 1. The van der Waals surface area contributed by atoms with E-state index in [0.29, 0.717) is 16.5 Å². The highest BCUT2D eigenvalue weighted by Crippen LogP contribution is 2.34. The topological polar surface area (TPSA) is 54.5 Å². The van der Waals surface area contributed by atoms with Gasteiger partial charge in [0, 0.05) is 10.9 Å². The normalized spacial score (nSPS) is 12.5. The number of halogens is 6. The molecule has 2 heterocycles. The van der Waals surface area contributed by atoms with Crippen LogP contribution in [-0.4, -0.2) is 20.2 Å². The number of rotatable bonds is 2. The molecule has 0 saturated carbocycles. The standard InChI is InChI=1S/C19H10F6N4/c20-18(21,22)11-7-5-10(6-8-11)17-26-13-4-2-1-3-12(13)16(27-17)14-9-15(29-28-14)19(23,24)25/h1-9H,(H,28,29). The Morgan fingerprint density at radius 3 is 2.07 bits per heavy atom. The minimum atomic E-state index is -4.63. The molecular formula is C19H10F6N4. The lowest BCUT2D eigenvalue weighted by Crippen LogP contribution is -2.04. The number of aromatic nitrogens is 4. The first kappa shape index (κ1) is 18.9. The van der Waals surface area contributed by atoms with E-state index >= 15 is 0 Å². The maximum Gasteiger partial charge on any atom is 0.435 e. The van der Waals surface area contributed by atoms with E-state index < -0.39 is 23.6 Å². The predicted molar refractivity (Wildman–Crippen MR) is 92.6 cm³/mol. The molecule has 0 atom stereocenters. The monoisotopic (exact) mass is 408 g/mol. The summed E-state index contributed by atoms with van der Waals surface area (Å²) < 4.78 is 77.0. The molecule has 0 unspecified atom stereocenters. The molecule has 4 aromatic rings. The molecule has 0 aliphatic heterocycles. The van der Waals surface area contributed by atoms with Crippen molar-refractivity contribution in [3.63, 3.8) is 0 Å². The summed E-state index contributed by atoms with van der Waals surface area (Å²) in [5, 5.41) is 6.07. The fourth-order valence-electron chi connectivity index (χ4n) is 2.81. The quantitative estimate of drug-likeness (QED) is 0.432. The SMILES string of the molecule is FC(F)(F)c1ccc(-c2nc(-c3cc(C(F)(F)F)n[nH]3)c3ccccc3n2)cc1. The van der Waals surface area contributed by atoms with Gasteiger partial charge in [-0.3, -0.25) is 5.10 Å². The number of hydrogen-bond acceptors (Lipinski definition) is 3. The van der Waals surface area contributed by atoms with Crippen LogP contribution >= 0.6 is 0 Å². The smallest absolute Gasteiger partial charge is 0.276 e. The van der Waals surface area contributed by atoms with Crippen LogP contribution < -0.4 is 0 Å². The van der Waals surface area contributed by atoms with E-state index in [0.717, 1.165) is 18.2 Å². The zero-order valence-corrected chi connectivity index (χ0v) is 14.3. The van der Waals surface area contributed by atoms with Crippen LogP contribution in [0.3, 0.4) is 0 Å². The van der Waals surface area contributed by atoms with Gasteiger partial charge in [-0.05, 0) is 24.3 Å². The molecular weight excluding hydrogens is 398 g/mol. The van der Waals surface area contributed by atoms with E-state index in [1.165, 1.54) is 12.1 Å². The van der Waals surface area contributed by atoms with Gasteiger partial charge in [0.15, 0.2) is 11.5 Å². The summed E-state index contributed by atoms with van der Waals surface area (Å²) in [7, 11) is 0. The average Bonchev–Trinajstić information content (AvgIpc) is 3.17. The Kier molecular flexibility index (Phi) is 4.29. The zero-order chi connectivity index (χ0) is 20.8. The van der Waals surface area contributed by atoms with Crippen LogP contribution in [-0.2, 0) is 12.4 Å². The molecule has 4 nitrogen and oxygen atoms in total. The van der Waals surface area contributed by atoms with E-state index in [9.17, 15) is 26.3 Å². The van der Waals surface area contributed by atoms with Gasteiger partial charge in [-0.1, -0.05) is 30.3 Å². The van der Waals surface area contributed by atoms with Crippen molar-refractivity contribution >= 4 is 10.9 Å². The number of nitrogens with zero attached hydrogens (tertiary/aromatic N) is 3. The molecule has 2 aromatic heterocycles. The van der Waals surface area contributed by atoms with Gasteiger partial charge in [-0.15, -0.1) is 0 Å². The largest absolute Gasteiger partial charge is 0.435 e. The molecule has 0 amide bonds. The van der Waals surface area contributed by atoms with Crippen LogP contribution in [0.25, 0.3) is 33.7 Å². The summed E-state index contributed by atoms with van der Waals surface area (Å²) in [5.74, 6) is 0.0792. The van der Waals surface area contributed by atoms with Gasteiger partial charge in [0.2, 0.25) is 0 Å². The summed E-state index contributed by atoms with van der Waals surface area (Å²) in [6.07, 6.45) is -9.12. The Morgan fingerprint density at radius 2 is 1.45 bits per heavy atom. The van der Waals surface area contributed by atoms with Crippen molar-refractivity contribution in [2.75, 3.05) is 0 Å². The van der Waals surface area contributed by atoms with Crippen LogP contribution in [0.2, 0.25) is 0 Å². The number of fused-ring (bicyclic) bond motifs is 1. The van der Waals surface area contributed by atoms with Crippen molar-refractivity contribution in [2.24, 2.45) is 0 Å². The van der Waals surface area contributed by atoms with Crippen LogP contribution in [0, 0.1) is 0 Å². The third kappa shape index (κ3) is 3.65. The molecule has 0 spiro atoms. The molecule has 0 saturated heterocycles. The van der Waals surface area contributed by atoms with Gasteiger partial charge in [0.1, 0.15) is 0 Å². The molecule has 4 rings (SSSR count). The van der Waals surface area contributed by atoms with Crippen LogP contribution in [0.15, 0.2) is 54.6 Å². The molecule has 148 valence electrons. The van der Waals surface area contributed by atoms with E-state index in [4.69, 9.17) is 0 Å². The van der Waals surface area contributed by atoms with Crippen molar-refractivity contribution in [1.29, 1.82) is 0 Å². The van der Waals surface area contributed by atoms with E-state index in [-0.39, 0.29) is 17.2 Å². The summed E-state index contributed by atoms with van der Waals surface area (Å²) in [4.78, 5) is 8.63. The van der Waals surface area contributed by atoms with Crippen LogP contribution in [0.5, 0.6) is 0 Å². The number of para-hydroxylation sites is 1. The fraction of sp³-hybridized carbons (Fsp3) is 0.105. The molecule has 2 aromatic carbocycles. The number of aromatic amines is 1. The van der Waals surface area contributed by atoms with Crippen molar-refractivity contribution < 1.29 is 26.3 Å². The van der Waals surface area contributed by atoms with Crippen molar-refractivity contribution in [1.82, 2.24) is 20.2 Å².